The Morgan fingerprint density at radius 3 is 2.71 bits per heavy atom. The molecule has 0 spiro atoms. The summed E-state index contributed by atoms with van der Waals surface area (Å²) in [7, 11) is 1.65. The van der Waals surface area contributed by atoms with Crippen LogP contribution in [0.4, 0.5) is 0 Å². The first kappa shape index (κ1) is 12.3. The van der Waals surface area contributed by atoms with Gasteiger partial charge in [-0.1, -0.05) is 30.7 Å². The zero-order chi connectivity index (χ0) is 12.3. The topological polar surface area (TPSA) is 26.3 Å². The first-order chi connectivity index (χ1) is 8.22. The number of hydrogen-bond acceptors (Lipinski definition) is 2. The molecule has 0 aromatic heterocycles. The minimum atomic E-state index is -0.00283. The molecule has 2 heteroatoms. The molecule has 1 saturated carbocycles. The first-order valence-electron chi connectivity index (χ1n) is 6.37. The monoisotopic (exact) mass is 232 g/mol. The van der Waals surface area contributed by atoms with Gasteiger partial charge in [0.2, 0.25) is 0 Å². The molecular weight excluding hydrogens is 212 g/mol. The van der Waals surface area contributed by atoms with E-state index in [9.17, 15) is 4.79 Å². The highest BCUT2D eigenvalue weighted by Gasteiger charge is 2.24. The highest BCUT2D eigenvalue weighted by molar-refractivity contribution is 5.98. The quantitative estimate of drug-likeness (QED) is 0.725. The number of benzene rings is 1. The largest absolute Gasteiger partial charge is 0.381 e. The second-order valence-corrected chi connectivity index (χ2v) is 4.89. The van der Waals surface area contributed by atoms with Gasteiger partial charge in [0.1, 0.15) is 0 Å². The van der Waals surface area contributed by atoms with Crippen LogP contribution in [-0.2, 0) is 4.74 Å². The van der Waals surface area contributed by atoms with E-state index in [1.54, 1.807) is 7.11 Å². The molecule has 2 nitrogen and oxygen atoms in total. The summed E-state index contributed by atoms with van der Waals surface area (Å²) in [5.74, 6) is 0.815. The third kappa shape index (κ3) is 2.75. The molecule has 0 aliphatic heterocycles. The van der Waals surface area contributed by atoms with Crippen molar-refractivity contribution in [2.45, 2.75) is 44.6 Å². The van der Waals surface area contributed by atoms with Crippen molar-refractivity contribution in [2.24, 2.45) is 0 Å². The fraction of sp³-hybridized carbons (Fsp3) is 0.533. The van der Waals surface area contributed by atoms with Crippen LogP contribution in [0.3, 0.4) is 0 Å². The molecule has 1 aliphatic carbocycles. The average Bonchev–Trinajstić information content (AvgIpc) is 2.27. The van der Waals surface area contributed by atoms with Crippen LogP contribution in [0.1, 0.15) is 54.4 Å². The van der Waals surface area contributed by atoms with Crippen LogP contribution in [0.2, 0.25) is 0 Å². The van der Waals surface area contributed by atoms with Crippen molar-refractivity contribution in [3.63, 3.8) is 0 Å². The molecule has 0 heterocycles. The van der Waals surface area contributed by atoms with Crippen LogP contribution < -0.4 is 0 Å². The van der Waals surface area contributed by atoms with Gasteiger partial charge in [-0.3, -0.25) is 4.79 Å². The van der Waals surface area contributed by atoms with Crippen molar-refractivity contribution in [3.05, 3.63) is 35.4 Å². The van der Waals surface area contributed by atoms with Crippen molar-refractivity contribution in [1.82, 2.24) is 0 Å². The van der Waals surface area contributed by atoms with Gasteiger partial charge in [0, 0.05) is 19.1 Å². The molecule has 1 fully saturated rings. The summed E-state index contributed by atoms with van der Waals surface area (Å²) in [4.78, 5) is 12.2. The smallest absolute Gasteiger partial charge is 0.165 e. The van der Waals surface area contributed by atoms with Crippen LogP contribution >= 0.6 is 0 Å². The SMILES string of the molecule is COC(C)CC(=O)c1ccccc1C1CCC1. The molecule has 17 heavy (non-hydrogen) atoms. The summed E-state index contributed by atoms with van der Waals surface area (Å²) in [5.41, 5.74) is 2.15. The van der Waals surface area contributed by atoms with E-state index in [0.29, 0.717) is 12.3 Å². The van der Waals surface area contributed by atoms with Crippen LogP contribution in [-0.4, -0.2) is 19.0 Å². The molecule has 92 valence electrons. The maximum absolute atomic E-state index is 12.2. The van der Waals surface area contributed by atoms with Crippen molar-refractivity contribution < 1.29 is 9.53 Å². The Bertz CT molecular complexity index is 394. The Hall–Kier alpha value is -1.15. The second kappa shape index (κ2) is 5.46. The number of carbonyl (C=O) groups excluding carboxylic acids is 1. The minimum absolute atomic E-state index is 0.00283. The highest BCUT2D eigenvalue weighted by atomic mass is 16.5. The maximum atomic E-state index is 12.2. The molecule has 0 amide bonds. The number of carbonyl (C=O) groups is 1. The van der Waals surface area contributed by atoms with Gasteiger partial charge in [-0.25, -0.2) is 0 Å². The van der Waals surface area contributed by atoms with Gasteiger partial charge in [-0.05, 0) is 31.2 Å². The number of ether oxygens (including phenoxy) is 1. The molecule has 0 saturated heterocycles. The number of rotatable bonds is 5. The Labute approximate surface area is 103 Å². The zero-order valence-corrected chi connectivity index (χ0v) is 10.6. The second-order valence-electron chi connectivity index (χ2n) is 4.89. The van der Waals surface area contributed by atoms with Crippen LogP contribution in [0.15, 0.2) is 24.3 Å². The van der Waals surface area contributed by atoms with Gasteiger partial charge in [0.15, 0.2) is 5.78 Å². The summed E-state index contributed by atoms with van der Waals surface area (Å²) < 4.78 is 5.16. The van der Waals surface area contributed by atoms with Gasteiger partial charge in [0.05, 0.1) is 6.10 Å². The van der Waals surface area contributed by atoms with E-state index in [2.05, 4.69) is 6.07 Å². The van der Waals surface area contributed by atoms with E-state index in [1.165, 1.54) is 24.8 Å². The fourth-order valence-corrected chi connectivity index (χ4v) is 2.28. The molecule has 1 aromatic carbocycles. The van der Waals surface area contributed by atoms with Gasteiger partial charge >= 0.3 is 0 Å². The lowest BCUT2D eigenvalue weighted by Crippen LogP contribution is -2.17. The predicted molar refractivity (Wildman–Crippen MR) is 68.5 cm³/mol. The number of methoxy groups -OCH3 is 1. The highest BCUT2D eigenvalue weighted by Crippen LogP contribution is 2.38. The fourth-order valence-electron chi connectivity index (χ4n) is 2.28. The molecule has 1 aliphatic rings. The standard InChI is InChI=1S/C15H20O2/c1-11(17-2)10-15(16)14-9-4-3-8-13(14)12-6-5-7-12/h3-4,8-9,11-12H,5-7,10H2,1-2H3. The Kier molecular flexibility index (Phi) is 3.95. The molecule has 1 aromatic rings. The van der Waals surface area contributed by atoms with Gasteiger partial charge in [-0.2, -0.15) is 0 Å². The number of Topliss-reactive ketones (excluding diaryl/α,β-unsaturated/α-hetero) is 1. The molecule has 0 bridgehead atoms. The normalized spacial score (nSPS) is 17.5. The Morgan fingerprint density at radius 2 is 2.12 bits per heavy atom. The molecule has 0 N–H and O–H groups in total. The third-order valence-electron chi connectivity index (χ3n) is 3.68. The first-order valence-corrected chi connectivity index (χ1v) is 6.37. The lowest BCUT2D eigenvalue weighted by molar-refractivity contribution is 0.0790. The molecular formula is C15H20O2. The minimum Gasteiger partial charge on any atom is -0.381 e. The summed E-state index contributed by atoms with van der Waals surface area (Å²) in [6.45, 7) is 1.93. The number of ketones is 1. The van der Waals surface area contributed by atoms with Crippen molar-refractivity contribution in [1.29, 1.82) is 0 Å². The summed E-state index contributed by atoms with van der Waals surface area (Å²) in [5, 5.41) is 0. The summed E-state index contributed by atoms with van der Waals surface area (Å²) in [6, 6.07) is 8.05. The lowest BCUT2D eigenvalue weighted by Gasteiger charge is -2.27. The van der Waals surface area contributed by atoms with Gasteiger partial charge in [0.25, 0.3) is 0 Å². The van der Waals surface area contributed by atoms with Crippen molar-refractivity contribution in [3.8, 4) is 0 Å². The summed E-state index contributed by atoms with van der Waals surface area (Å²) in [6.07, 6.45) is 4.22. The molecule has 2 rings (SSSR count). The van der Waals surface area contributed by atoms with E-state index >= 15 is 0 Å². The van der Waals surface area contributed by atoms with E-state index < -0.39 is 0 Å². The van der Waals surface area contributed by atoms with Crippen molar-refractivity contribution in [2.75, 3.05) is 7.11 Å². The number of hydrogen-bond donors (Lipinski definition) is 0. The molecule has 1 unspecified atom stereocenters. The van der Waals surface area contributed by atoms with E-state index in [4.69, 9.17) is 4.74 Å². The van der Waals surface area contributed by atoms with Gasteiger partial charge in [-0.15, -0.1) is 0 Å². The third-order valence-corrected chi connectivity index (χ3v) is 3.68. The van der Waals surface area contributed by atoms with Crippen LogP contribution in [0.25, 0.3) is 0 Å². The predicted octanol–water partition coefficient (Wildman–Crippen LogP) is 3.56. The Morgan fingerprint density at radius 1 is 1.41 bits per heavy atom. The van der Waals surface area contributed by atoms with Crippen LogP contribution in [0, 0.1) is 0 Å². The Balaban J connectivity index is 2.16. The van der Waals surface area contributed by atoms with Crippen molar-refractivity contribution >= 4 is 5.78 Å². The van der Waals surface area contributed by atoms with E-state index in [1.807, 2.05) is 25.1 Å². The lowest BCUT2D eigenvalue weighted by atomic mass is 9.77. The maximum Gasteiger partial charge on any atom is 0.165 e. The van der Waals surface area contributed by atoms with Crippen LogP contribution in [0.5, 0.6) is 0 Å². The zero-order valence-electron chi connectivity index (χ0n) is 10.6. The average molecular weight is 232 g/mol. The summed E-state index contributed by atoms with van der Waals surface area (Å²) >= 11 is 0. The molecule has 1 atom stereocenters. The molecule has 0 radical (unpaired) electrons. The van der Waals surface area contributed by atoms with E-state index in [-0.39, 0.29) is 11.9 Å². The van der Waals surface area contributed by atoms with E-state index in [0.717, 1.165) is 5.56 Å². The van der Waals surface area contributed by atoms with Gasteiger partial charge < -0.3 is 4.74 Å².